The topological polar surface area (TPSA) is 54.5 Å². The highest BCUT2D eigenvalue weighted by Gasteiger charge is 2.31. The Labute approximate surface area is 142 Å². The van der Waals surface area contributed by atoms with Gasteiger partial charge in [-0.1, -0.05) is 6.07 Å². The van der Waals surface area contributed by atoms with Crippen LogP contribution in [0.2, 0.25) is 0 Å². The van der Waals surface area contributed by atoms with E-state index in [1.165, 1.54) is 12.1 Å². The van der Waals surface area contributed by atoms with Crippen molar-refractivity contribution in [2.24, 2.45) is 0 Å². The number of hydrogen-bond acceptors (Lipinski definition) is 4. The maximum absolute atomic E-state index is 12.3. The van der Waals surface area contributed by atoms with Gasteiger partial charge in [-0.15, -0.1) is 13.2 Å². The maximum atomic E-state index is 12.3. The Kier molecular flexibility index (Phi) is 4.78. The van der Waals surface area contributed by atoms with Crippen LogP contribution in [-0.2, 0) is 0 Å². The number of nitrogens with one attached hydrogen (secondary N) is 1. The van der Waals surface area contributed by atoms with Crippen LogP contribution in [0.25, 0.3) is 0 Å². The first-order chi connectivity index (χ1) is 11.9. The molecule has 0 unspecified atom stereocenters. The second-order valence-corrected chi connectivity index (χ2v) is 5.62. The minimum Gasteiger partial charge on any atom is -0.406 e. The lowest BCUT2D eigenvalue weighted by Crippen LogP contribution is -2.20. The van der Waals surface area contributed by atoms with Crippen molar-refractivity contribution in [1.82, 2.24) is 4.98 Å². The zero-order chi connectivity index (χ0) is 17.9. The average molecular weight is 351 g/mol. The normalized spacial score (nSPS) is 14.4. The number of nitrogens with zero attached hydrogens (tertiary/aromatic N) is 2. The Bertz CT molecular complexity index is 759. The molecule has 0 saturated carbocycles. The Hall–Kier alpha value is -2.77. The number of amides is 1. The minimum absolute atomic E-state index is 0.195. The molecule has 0 atom stereocenters. The standard InChI is InChI=1S/C17H16F3N3O2/c18-17(19,20)25-14-5-3-4-12(10-14)22-16(24)15-11-13(6-7-21-15)23-8-1-2-9-23/h3-7,10-11H,1-2,8-9H2,(H,22,24). The summed E-state index contributed by atoms with van der Waals surface area (Å²) in [6, 6.07) is 8.62. The summed E-state index contributed by atoms with van der Waals surface area (Å²) >= 11 is 0. The average Bonchev–Trinajstić information content (AvgIpc) is 3.08. The smallest absolute Gasteiger partial charge is 0.406 e. The van der Waals surface area contributed by atoms with E-state index in [2.05, 4.69) is 19.9 Å². The van der Waals surface area contributed by atoms with Gasteiger partial charge in [0.05, 0.1) is 0 Å². The van der Waals surface area contributed by atoms with Gasteiger partial charge in [0, 0.05) is 36.7 Å². The van der Waals surface area contributed by atoms with Crippen LogP contribution in [-0.4, -0.2) is 30.3 Å². The molecule has 1 aliphatic heterocycles. The second kappa shape index (κ2) is 7.00. The van der Waals surface area contributed by atoms with E-state index in [9.17, 15) is 18.0 Å². The SMILES string of the molecule is O=C(Nc1cccc(OC(F)(F)F)c1)c1cc(N2CCCC2)ccn1. The number of benzene rings is 1. The molecule has 0 bridgehead atoms. The summed E-state index contributed by atoms with van der Waals surface area (Å²) in [5.41, 5.74) is 1.30. The van der Waals surface area contributed by atoms with Crippen molar-refractivity contribution < 1.29 is 22.7 Å². The van der Waals surface area contributed by atoms with Crippen molar-refractivity contribution in [1.29, 1.82) is 0 Å². The van der Waals surface area contributed by atoms with Crippen LogP contribution in [0.5, 0.6) is 5.75 Å². The van der Waals surface area contributed by atoms with Crippen LogP contribution in [0.4, 0.5) is 24.5 Å². The van der Waals surface area contributed by atoms with Crippen LogP contribution >= 0.6 is 0 Å². The molecular weight excluding hydrogens is 335 g/mol. The molecule has 0 spiro atoms. The molecule has 1 aliphatic rings. The molecule has 1 fully saturated rings. The Balaban J connectivity index is 1.72. The highest BCUT2D eigenvalue weighted by atomic mass is 19.4. The molecule has 1 aromatic carbocycles. The van der Waals surface area contributed by atoms with Crippen molar-refractivity contribution in [2.45, 2.75) is 19.2 Å². The number of ether oxygens (including phenoxy) is 1. The fourth-order valence-electron chi connectivity index (χ4n) is 2.68. The van der Waals surface area contributed by atoms with Gasteiger partial charge in [-0.25, -0.2) is 0 Å². The van der Waals surface area contributed by atoms with Crippen molar-refractivity contribution in [3.05, 3.63) is 48.3 Å². The number of alkyl halides is 3. The number of rotatable bonds is 4. The number of anilines is 2. The first-order valence-corrected chi connectivity index (χ1v) is 7.79. The second-order valence-electron chi connectivity index (χ2n) is 5.62. The van der Waals surface area contributed by atoms with E-state index >= 15 is 0 Å². The number of aromatic nitrogens is 1. The van der Waals surface area contributed by atoms with Crippen LogP contribution in [0.1, 0.15) is 23.3 Å². The minimum atomic E-state index is -4.78. The molecule has 1 saturated heterocycles. The van der Waals surface area contributed by atoms with Gasteiger partial charge in [-0.2, -0.15) is 0 Å². The number of carbonyl (C=O) groups is 1. The molecule has 3 rings (SSSR count). The van der Waals surface area contributed by atoms with Crippen molar-refractivity contribution in [3.8, 4) is 5.75 Å². The van der Waals surface area contributed by atoms with Gasteiger partial charge in [0.25, 0.3) is 5.91 Å². The van der Waals surface area contributed by atoms with Crippen molar-refractivity contribution in [2.75, 3.05) is 23.3 Å². The molecule has 132 valence electrons. The highest BCUT2D eigenvalue weighted by molar-refractivity contribution is 6.03. The van der Waals surface area contributed by atoms with Crippen molar-refractivity contribution in [3.63, 3.8) is 0 Å². The van der Waals surface area contributed by atoms with E-state index in [-0.39, 0.29) is 11.4 Å². The van der Waals surface area contributed by atoms with E-state index in [0.717, 1.165) is 43.8 Å². The zero-order valence-corrected chi connectivity index (χ0v) is 13.2. The number of halogens is 3. The molecule has 0 radical (unpaired) electrons. The third-order valence-corrected chi connectivity index (χ3v) is 3.77. The van der Waals surface area contributed by atoms with Crippen LogP contribution in [0, 0.1) is 0 Å². The lowest BCUT2D eigenvalue weighted by molar-refractivity contribution is -0.274. The van der Waals surface area contributed by atoms with Crippen LogP contribution < -0.4 is 15.0 Å². The summed E-state index contributed by atoms with van der Waals surface area (Å²) in [5.74, 6) is -0.894. The van der Waals surface area contributed by atoms with E-state index in [4.69, 9.17) is 0 Å². The fraction of sp³-hybridized carbons (Fsp3) is 0.294. The molecule has 0 aliphatic carbocycles. The maximum Gasteiger partial charge on any atom is 0.573 e. The van der Waals surface area contributed by atoms with E-state index < -0.39 is 18.0 Å². The van der Waals surface area contributed by atoms with Gasteiger partial charge in [0.15, 0.2) is 0 Å². The Morgan fingerprint density at radius 1 is 1.16 bits per heavy atom. The van der Waals surface area contributed by atoms with E-state index in [1.54, 1.807) is 12.3 Å². The lowest BCUT2D eigenvalue weighted by atomic mass is 10.2. The van der Waals surface area contributed by atoms with Gasteiger partial charge in [0.1, 0.15) is 11.4 Å². The molecule has 25 heavy (non-hydrogen) atoms. The summed E-state index contributed by atoms with van der Waals surface area (Å²) in [5, 5.41) is 2.53. The first kappa shape index (κ1) is 17.1. The third-order valence-electron chi connectivity index (χ3n) is 3.77. The monoisotopic (exact) mass is 351 g/mol. The van der Waals surface area contributed by atoms with Gasteiger partial charge < -0.3 is 15.0 Å². The predicted molar refractivity (Wildman–Crippen MR) is 86.8 cm³/mol. The van der Waals surface area contributed by atoms with Gasteiger partial charge in [0.2, 0.25) is 0 Å². The van der Waals surface area contributed by atoms with E-state index in [0.29, 0.717) is 0 Å². The molecule has 5 nitrogen and oxygen atoms in total. The van der Waals surface area contributed by atoms with Gasteiger partial charge in [-0.3, -0.25) is 9.78 Å². The third kappa shape index (κ3) is 4.62. The molecule has 2 heterocycles. The summed E-state index contributed by atoms with van der Waals surface area (Å²) < 4.78 is 40.6. The summed E-state index contributed by atoms with van der Waals surface area (Å²) in [7, 11) is 0. The first-order valence-electron chi connectivity index (χ1n) is 7.79. The molecule has 8 heteroatoms. The van der Waals surface area contributed by atoms with Crippen LogP contribution in [0.3, 0.4) is 0 Å². The molecule has 2 aromatic rings. The fourth-order valence-corrected chi connectivity index (χ4v) is 2.68. The number of hydrogen-bond donors (Lipinski definition) is 1. The Morgan fingerprint density at radius 3 is 2.64 bits per heavy atom. The van der Waals surface area contributed by atoms with E-state index in [1.807, 2.05) is 6.07 Å². The van der Waals surface area contributed by atoms with Gasteiger partial charge >= 0.3 is 6.36 Å². The lowest BCUT2D eigenvalue weighted by Gasteiger charge is -2.17. The van der Waals surface area contributed by atoms with Gasteiger partial charge in [-0.05, 0) is 37.1 Å². The Morgan fingerprint density at radius 2 is 1.92 bits per heavy atom. The quantitative estimate of drug-likeness (QED) is 0.910. The molecular formula is C17H16F3N3O2. The van der Waals surface area contributed by atoms with Crippen molar-refractivity contribution >= 4 is 17.3 Å². The largest absolute Gasteiger partial charge is 0.573 e. The number of pyridine rings is 1. The predicted octanol–water partition coefficient (Wildman–Crippen LogP) is 3.83. The molecule has 1 aromatic heterocycles. The zero-order valence-electron chi connectivity index (χ0n) is 13.2. The molecule has 1 N–H and O–H groups in total. The number of carbonyl (C=O) groups excluding carboxylic acids is 1. The summed E-state index contributed by atoms with van der Waals surface area (Å²) in [6.07, 6.45) is -1.02. The highest BCUT2D eigenvalue weighted by Crippen LogP contribution is 2.25. The van der Waals surface area contributed by atoms with Crippen LogP contribution in [0.15, 0.2) is 42.6 Å². The summed E-state index contributed by atoms with van der Waals surface area (Å²) in [4.78, 5) is 18.5. The summed E-state index contributed by atoms with van der Waals surface area (Å²) in [6.45, 7) is 1.86. The molecule has 1 amide bonds.